The van der Waals surface area contributed by atoms with E-state index in [1.54, 1.807) is 13.2 Å². The van der Waals surface area contributed by atoms with Gasteiger partial charge >= 0.3 is 11.9 Å². The largest absolute Gasteiger partial charge is 0.495 e. The number of hydrogen-bond donors (Lipinski definition) is 0. The number of carbonyl (C=O) groups excluding carboxylic acids is 2. The number of carbonyl (C=O) groups is 2. The molecule has 1 rings (SSSR count). The molecule has 0 saturated heterocycles. The third kappa shape index (κ3) is 6.58. The molecular weight excluding hydrogens is 296 g/mol. The van der Waals surface area contributed by atoms with E-state index in [4.69, 9.17) is 14.2 Å². The van der Waals surface area contributed by atoms with Crippen LogP contribution >= 0.6 is 0 Å². The van der Waals surface area contributed by atoms with Gasteiger partial charge in [-0.3, -0.25) is 9.59 Å². The van der Waals surface area contributed by atoms with Gasteiger partial charge in [-0.2, -0.15) is 0 Å². The first-order chi connectivity index (χ1) is 10.9. The van der Waals surface area contributed by atoms with E-state index in [0.717, 1.165) is 11.1 Å². The molecule has 5 heteroatoms. The van der Waals surface area contributed by atoms with E-state index in [1.165, 1.54) is 13.8 Å². The van der Waals surface area contributed by atoms with Crippen molar-refractivity contribution in [2.24, 2.45) is 0 Å². The lowest BCUT2D eigenvalue weighted by Gasteiger charge is -2.07. The fraction of sp³-hybridized carbons (Fsp3) is 0.333. The maximum atomic E-state index is 10.7. The average molecular weight is 314 g/mol. The molecule has 0 unspecified atom stereocenters. The van der Waals surface area contributed by atoms with Crippen LogP contribution in [-0.2, 0) is 19.1 Å². The van der Waals surface area contributed by atoms with Crippen molar-refractivity contribution < 1.29 is 23.8 Å². The summed E-state index contributed by atoms with van der Waals surface area (Å²) >= 11 is 0. The van der Waals surface area contributed by atoms with Crippen molar-refractivity contribution in [1.29, 1.82) is 0 Å². The monoisotopic (exact) mass is 314 g/mol. The molecule has 0 heterocycles. The lowest BCUT2D eigenvalue weighted by atomic mass is 10.0. The predicted molar refractivity (Wildman–Crippen MR) is 84.8 cm³/mol. The smallest absolute Gasteiger partial charge is 0.303 e. The van der Waals surface area contributed by atoms with Crippen LogP contribution in [0.1, 0.15) is 30.5 Å². The van der Waals surface area contributed by atoms with Crippen LogP contribution in [0.15, 0.2) is 12.1 Å². The Morgan fingerprint density at radius 2 is 1.48 bits per heavy atom. The maximum absolute atomic E-state index is 10.7. The van der Waals surface area contributed by atoms with Crippen molar-refractivity contribution >= 4 is 11.9 Å². The standard InChI is InChI=1S/C18H18O5/c1-13-11-18(21-4)17(8-6-10-23-15(3)20)12-16(13)7-5-9-22-14(2)19/h11-12H,9-10H2,1-4H3. The molecule has 0 amide bonds. The molecule has 5 nitrogen and oxygen atoms in total. The second-order valence-electron chi connectivity index (χ2n) is 4.53. The van der Waals surface area contributed by atoms with E-state index in [1.807, 2.05) is 13.0 Å². The van der Waals surface area contributed by atoms with Crippen molar-refractivity contribution in [3.63, 3.8) is 0 Å². The zero-order valence-corrected chi connectivity index (χ0v) is 13.6. The number of rotatable bonds is 3. The first-order valence-corrected chi connectivity index (χ1v) is 6.87. The van der Waals surface area contributed by atoms with Crippen LogP contribution in [-0.4, -0.2) is 32.3 Å². The first-order valence-electron chi connectivity index (χ1n) is 6.87. The summed E-state index contributed by atoms with van der Waals surface area (Å²) in [6.45, 7) is 4.60. The molecule has 0 N–H and O–H groups in total. The van der Waals surface area contributed by atoms with Gasteiger partial charge in [0.15, 0.2) is 13.2 Å². The van der Waals surface area contributed by atoms with Crippen LogP contribution in [0.3, 0.4) is 0 Å². The average Bonchev–Trinajstić information content (AvgIpc) is 2.49. The number of aryl methyl sites for hydroxylation is 1. The zero-order chi connectivity index (χ0) is 17.2. The van der Waals surface area contributed by atoms with Crippen molar-refractivity contribution in [2.75, 3.05) is 20.3 Å². The lowest BCUT2D eigenvalue weighted by Crippen LogP contribution is -1.98. The van der Waals surface area contributed by atoms with Crippen LogP contribution < -0.4 is 4.74 Å². The molecule has 23 heavy (non-hydrogen) atoms. The molecule has 0 atom stereocenters. The Morgan fingerprint density at radius 3 is 1.96 bits per heavy atom. The summed E-state index contributed by atoms with van der Waals surface area (Å²) < 4.78 is 14.8. The highest BCUT2D eigenvalue weighted by atomic mass is 16.5. The van der Waals surface area contributed by atoms with Crippen molar-refractivity contribution in [2.45, 2.75) is 20.8 Å². The highest BCUT2D eigenvalue weighted by Gasteiger charge is 2.05. The molecule has 0 radical (unpaired) electrons. The van der Waals surface area contributed by atoms with Gasteiger partial charge in [0, 0.05) is 19.4 Å². The summed E-state index contributed by atoms with van der Waals surface area (Å²) in [4.78, 5) is 21.4. The lowest BCUT2D eigenvalue weighted by molar-refractivity contribution is -0.140. The molecular formula is C18H18O5. The third-order valence-corrected chi connectivity index (χ3v) is 2.69. The van der Waals surface area contributed by atoms with Gasteiger partial charge in [0.2, 0.25) is 0 Å². The Morgan fingerprint density at radius 1 is 0.957 bits per heavy atom. The molecule has 1 aromatic carbocycles. The summed E-state index contributed by atoms with van der Waals surface area (Å²) in [6.07, 6.45) is 0. The molecule has 0 aliphatic carbocycles. The molecule has 120 valence electrons. The van der Waals surface area contributed by atoms with Gasteiger partial charge in [-0.05, 0) is 24.6 Å². The number of methoxy groups -OCH3 is 1. The van der Waals surface area contributed by atoms with E-state index in [0.29, 0.717) is 11.3 Å². The van der Waals surface area contributed by atoms with E-state index in [-0.39, 0.29) is 25.2 Å². The Bertz CT molecular complexity index is 711. The van der Waals surface area contributed by atoms with Crippen LogP contribution in [0.5, 0.6) is 5.75 Å². The molecule has 0 aliphatic heterocycles. The molecule has 0 saturated carbocycles. The van der Waals surface area contributed by atoms with Crippen LogP contribution in [0.4, 0.5) is 0 Å². The Hall–Kier alpha value is -2.92. The summed E-state index contributed by atoms with van der Waals surface area (Å²) in [5.74, 6) is 11.2. The predicted octanol–water partition coefficient (Wildman–Crippen LogP) is 1.83. The number of esters is 2. The summed E-state index contributed by atoms with van der Waals surface area (Å²) in [7, 11) is 1.55. The molecule has 0 spiro atoms. The topological polar surface area (TPSA) is 61.8 Å². The summed E-state index contributed by atoms with van der Waals surface area (Å²) in [5, 5.41) is 0. The maximum Gasteiger partial charge on any atom is 0.303 e. The van der Waals surface area contributed by atoms with Gasteiger partial charge in [0.1, 0.15) is 5.75 Å². The normalized spacial score (nSPS) is 8.87. The third-order valence-electron chi connectivity index (χ3n) is 2.69. The second kappa shape index (κ2) is 9.17. The van der Waals surface area contributed by atoms with E-state index < -0.39 is 0 Å². The molecule has 1 aromatic rings. The van der Waals surface area contributed by atoms with Crippen LogP contribution in [0.25, 0.3) is 0 Å². The Kier molecular flexibility index (Phi) is 7.23. The van der Waals surface area contributed by atoms with Gasteiger partial charge in [-0.1, -0.05) is 23.7 Å². The van der Waals surface area contributed by atoms with Gasteiger partial charge in [0.25, 0.3) is 0 Å². The fourth-order valence-corrected chi connectivity index (χ4v) is 1.62. The second-order valence-corrected chi connectivity index (χ2v) is 4.53. The molecule has 0 bridgehead atoms. The van der Waals surface area contributed by atoms with Gasteiger partial charge in [-0.15, -0.1) is 0 Å². The van der Waals surface area contributed by atoms with Crippen molar-refractivity contribution in [3.8, 4) is 29.4 Å². The van der Waals surface area contributed by atoms with Gasteiger partial charge in [-0.25, -0.2) is 0 Å². The minimum absolute atomic E-state index is 0.0137. The van der Waals surface area contributed by atoms with E-state index in [2.05, 4.69) is 23.7 Å². The highest BCUT2D eigenvalue weighted by Crippen LogP contribution is 2.22. The molecule has 0 fully saturated rings. The minimum atomic E-state index is -0.382. The van der Waals surface area contributed by atoms with Crippen molar-refractivity contribution in [3.05, 3.63) is 28.8 Å². The van der Waals surface area contributed by atoms with Crippen molar-refractivity contribution in [1.82, 2.24) is 0 Å². The molecule has 0 aliphatic rings. The SMILES string of the molecule is COc1cc(C)c(C#CCOC(C)=O)cc1C#CCOC(C)=O. The van der Waals surface area contributed by atoms with Crippen LogP contribution in [0.2, 0.25) is 0 Å². The quantitative estimate of drug-likeness (QED) is 0.629. The van der Waals surface area contributed by atoms with Crippen LogP contribution in [0, 0.1) is 30.6 Å². The Balaban J connectivity index is 2.98. The number of benzene rings is 1. The first kappa shape index (κ1) is 18.1. The van der Waals surface area contributed by atoms with E-state index >= 15 is 0 Å². The summed E-state index contributed by atoms with van der Waals surface area (Å²) in [5.41, 5.74) is 2.32. The van der Waals surface area contributed by atoms with E-state index in [9.17, 15) is 9.59 Å². The van der Waals surface area contributed by atoms with Gasteiger partial charge in [0.05, 0.1) is 12.7 Å². The minimum Gasteiger partial charge on any atom is -0.495 e. The number of ether oxygens (including phenoxy) is 3. The van der Waals surface area contributed by atoms with Gasteiger partial charge < -0.3 is 14.2 Å². The highest BCUT2D eigenvalue weighted by molar-refractivity contribution is 5.66. The Labute approximate surface area is 135 Å². The fourth-order valence-electron chi connectivity index (χ4n) is 1.62. The summed E-state index contributed by atoms with van der Waals surface area (Å²) in [6, 6.07) is 3.61. The molecule has 0 aromatic heterocycles. The zero-order valence-electron chi connectivity index (χ0n) is 13.6. The number of hydrogen-bond acceptors (Lipinski definition) is 5.